The number of hydrogen-bond acceptors (Lipinski definition) is 6. The zero-order valence-electron chi connectivity index (χ0n) is 10.6. The molecule has 0 aliphatic heterocycles. The van der Waals surface area contributed by atoms with Crippen molar-refractivity contribution < 1.29 is 9.13 Å². The lowest BCUT2D eigenvalue weighted by atomic mass is 10.2. The number of nitrogens with zero attached hydrogens (tertiary/aromatic N) is 2. The van der Waals surface area contributed by atoms with Crippen LogP contribution in [0.4, 0.5) is 21.8 Å². The molecule has 0 atom stereocenters. The Bertz CT molecular complexity index is 774. The molecule has 0 radical (unpaired) electrons. The predicted molar refractivity (Wildman–Crippen MR) is 78.1 cm³/mol. The molecule has 3 N–H and O–H groups in total. The molecular formula is C13H11FN4OS. The van der Waals surface area contributed by atoms with E-state index in [1.165, 1.54) is 24.5 Å². The van der Waals surface area contributed by atoms with Crippen molar-refractivity contribution in [3.63, 3.8) is 0 Å². The lowest BCUT2D eigenvalue weighted by Gasteiger charge is -2.09. The molecule has 2 aromatic heterocycles. The lowest BCUT2D eigenvalue weighted by Crippen LogP contribution is -2.00. The molecule has 0 aliphatic rings. The number of halogens is 1. The van der Waals surface area contributed by atoms with E-state index in [9.17, 15) is 4.39 Å². The number of nitrogen functional groups attached to an aromatic ring is 1. The molecule has 0 saturated heterocycles. The van der Waals surface area contributed by atoms with Gasteiger partial charge in [0.25, 0.3) is 0 Å². The van der Waals surface area contributed by atoms with E-state index in [0.29, 0.717) is 11.5 Å². The van der Waals surface area contributed by atoms with E-state index >= 15 is 0 Å². The zero-order valence-corrected chi connectivity index (χ0v) is 11.4. The number of benzene rings is 1. The van der Waals surface area contributed by atoms with E-state index in [-0.39, 0.29) is 11.7 Å². The fraction of sp³-hybridized carbons (Fsp3) is 0.0769. The van der Waals surface area contributed by atoms with Gasteiger partial charge in [0.2, 0.25) is 5.95 Å². The van der Waals surface area contributed by atoms with Crippen LogP contribution in [0.3, 0.4) is 0 Å². The number of fused-ring (bicyclic) bond motifs is 1. The molecule has 20 heavy (non-hydrogen) atoms. The molecule has 0 spiro atoms. The Kier molecular flexibility index (Phi) is 3.11. The molecule has 0 amide bonds. The maximum absolute atomic E-state index is 13.7. The van der Waals surface area contributed by atoms with E-state index < -0.39 is 5.82 Å². The maximum Gasteiger partial charge on any atom is 0.223 e. The van der Waals surface area contributed by atoms with Gasteiger partial charge in [-0.2, -0.15) is 4.98 Å². The second-order valence-electron chi connectivity index (χ2n) is 4.04. The molecule has 5 nitrogen and oxygen atoms in total. The Morgan fingerprint density at radius 1 is 1.30 bits per heavy atom. The van der Waals surface area contributed by atoms with Gasteiger partial charge in [0.1, 0.15) is 10.6 Å². The highest BCUT2D eigenvalue weighted by atomic mass is 32.1. The number of thiophene rings is 1. The number of rotatable bonds is 3. The fourth-order valence-electron chi connectivity index (χ4n) is 1.85. The summed E-state index contributed by atoms with van der Waals surface area (Å²) >= 11 is 1.47. The van der Waals surface area contributed by atoms with Crippen LogP contribution in [0.1, 0.15) is 0 Å². The predicted octanol–water partition coefficient (Wildman–Crippen LogP) is 3.16. The molecule has 0 unspecified atom stereocenters. The molecule has 1 aromatic carbocycles. The Hall–Kier alpha value is -2.41. The minimum atomic E-state index is -0.443. The third-order valence-corrected chi connectivity index (χ3v) is 3.56. The summed E-state index contributed by atoms with van der Waals surface area (Å²) in [5.74, 6) is 0.481. The van der Waals surface area contributed by atoms with E-state index in [0.717, 1.165) is 10.2 Å². The van der Waals surface area contributed by atoms with Crippen LogP contribution in [0.2, 0.25) is 0 Å². The van der Waals surface area contributed by atoms with E-state index in [1.54, 1.807) is 12.1 Å². The zero-order chi connectivity index (χ0) is 14.1. The Labute approximate surface area is 118 Å². The van der Waals surface area contributed by atoms with Crippen LogP contribution in [-0.4, -0.2) is 17.1 Å². The average molecular weight is 290 g/mol. The molecule has 2 heterocycles. The van der Waals surface area contributed by atoms with Gasteiger partial charge in [-0.15, -0.1) is 11.3 Å². The van der Waals surface area contributed by atoms with Crippen molar-refractivity contribution in [2.45, 2.75) is 0 Å². The highest BCUT2D eigenvalue weighted by Crippen LogP contribution is 2.29. The molecule has 0 aliphatic carbocycles. The summed E-state index contributed by atoms with van der Waals surface area (Å²) in [5, 5.41) is 5.79. The molecule has 0 fully saturated rings. The van der Waals surface area contributed by atoms with Crippen LogP contribution in [0.5, 0.6) is 5.75 Å². The number of aromatic nitrogens is 2. The number of nitrogens with two attached hydrogens (primary N) is 1. The third kappa shape index (κ3) is 2.23. The summed E-state index contributed by atoms with van der Waals surface area (Å²) in [4.78, 5) is 9.07. The average Bonchev–Trinajstić information content (AvgIpc) is 2.87. The van der Waals surface area contributed by atoms with Crippen LogP contribution in [0.25, 0.3) is 10.2 Å². The number of nitrogens with one attached hydrogen (secondary N) is 1. The van der Waals surface area contributed by atoms with Gasteiger partial charge >= 0.3 is 0 Å². The lowest BCUT2D eigenvalue weighted by molar-refractivity contribution is 0.386. The normalized spacial score (nSPS) is 10.7. The largest absolute Gasteiger partial charge is 0.494 e. The monoisotopic (exact) mass is 290 g/mol. The number of methoxy groups -OCH3 is 1. The van der Waals surface area contributed by atoms with E-state index in [1.807, 2.05) is 11.4 Å². The minimum absolute atomic E-state index is 0.177. The molecule has 3 aromatic rings. The van der Waals surface area contributed by atoms with E-state index in [4.69, 9.17) is 10.5 Å². The molecular weight excluding hydrogens is 279 g/mol. The standard InChI is InChI=1S/C13H11FN4OS/c1-19-10-3-2-7(6-9(10)14)16-11-8-4-5-20-12(8)18-13(15)17-11/h2-6H,1H3,(H3,15,16,17,18). The summed E-state index contributed by atoms with van der Waals surface area (Å²) in [6.45, 7) is 0. The van der Waals surface area contributed by atoms with Crippen LogP contribution in [0, 0.1) is 5.82 Å². The molecule has 0 bridgehead atoms. The number of hydrogen-bond donors (Lipinski definition) is 2. The van der Waals surface area contributed by atoms with Gasteiger partial charge in [-0.1, -0.05) is 0 Å². The van der Waals surface area contributed by atoms with Gasteiger partial charge in [0.05, 0.1) is 12.5 Å². The first-order valence-electron chi connectivity index (χ1n) is 5.78. The summed E-state index contributed by atoms with van der Waals surface area (Å²) in [6, 6.07) is 6.49. The fourth-order valence-corrected chi connectivity index (χ4v) is 2.62. The molecule has 3 rings (SSSR count). The number of anilines is 3. The minimum Gasteiger partial charge on any atom is -0.494 e. The summed E-state index contributed by atoms with van der Waals surface area (Å²) in [5.41, 5.74) is 6.23. The second kappa shape index (κ2) is 4.93. The van der Waals surface area contributed by atoms with Gasteiger partial charge < -0.3 is 15.8 Å². The molecule has 0 saturated carbocycles. The van der Waals surface area contributed by atoms with Gasteiger partial charge in [-0.25, -0.2) is 9.37 Å². The van der Waals surface area contributed by atoms with Gasteiger partial charge in [-0.05, 0) is 23.6 Å². The Balaban J connectivity index is 2.00. The van der Waals surface area contributed by atoms with Gasteiger partial charge in [0, 0.05) is 11.8 Å². The first-order chi connectivity index (χ1) is 9.67. The second-order valence-corrected chi connectivity index (χ2v) is 4.94. The van der Waals surface area contributed by atoms with Crippen LogP contribution in [0.15, 0.2) is 29.6 Å². The highest BCUT2D eigenvalue weighted by molar-refractivity contribution is 7.16. The topological polar surface area (TPSA) is 73.1 Å². The van der Waals surface area contributed by atoms with Gasteiger partial charge in [-0.3, -0.25) is 0 Å². The van der Waals surface area contributed by atoms with Crippen molar-refractivity contribution in [3.8, 4) is 5.75 Å². The van der Waals surface area contributed by atoms with Crippen molar-refractivity contribution in [1.82, 2.24) is 9.97 Å². The van der Waals surface area contributed by atoms with Gasteiger partial charge in [0.15, 0.2) is 11.6 Å². The summed E-state index contributed by atoms with van der Waals surface area (Å²) in [7, 11) is 1.42. The quantitative estimate of drug-likeness (QED) is 0.775. The van der Waals surface area contributed by atoms with Crippen molar-refractivity contribution in [1.29, 1.82) is 0 Å². The van der Waals surface area contributed by atoms with Crippen molar-refractivity contribution >= 4 is 39.0 Å². The van der Waals surface area contributed by atoms with Crippen LogP contribution < -0.4 is 15.8 Å². The van der Waals surface area contributed by atoms with Crippen LogP contribution in [-0.2, 0) is 0 Å². The summed E-state index contributed by atoms with van der Waals surface area (Å²) in [6.07, 6.45) is 0. The first kappa shape index (κ1) is 12.6. The summed E-state index contributed by atoms with van der Waals surface area (Å²) < 4.78 is 18.5. The van der Waals surface area contributed by atoms with E-state index in [2.05, 4.69) is 15.3 Å². The van der Waals surface area contributed by atoms with Crippen molar-refractivity contribution in [3.05, 3.63) is 35.5 Å². The maximum atomic E-state index is 13.7. The van der Waals surface area contributed by atoms with Crippen molar-refractivity contribution in [2.24, 2.45) is 0 Å². The third-order valence-electron chi connectivity index (χ3n) is 2.76. The van der Waals surface area contributed by atoms with Crippen molar-refractivity contribution in [2.75, 3.05) is 18.2 Å². The van der Waals surface area contributed by atoms with Crippen LogP contribution >= 0.6 is 11.3 Å². The Morgan fingerprint density at radius 2 is 2.15 bits per heavy atom. The first-order valence-corrected chi connectivity index (χ1v) is 6.66. The SMILES string of the molecule is COc1ccc(Nc2nc(N)nc3sccc23)cc1F. The molecule has 7 heteroatoms. The molecule has 102 valence electrons. The Morgan fingerprint density at radius 3 is 2.90 bits per heavy atom. The number of ether oxygens (including phenoxy) is 1. The smallest absolute Gasteiger partial charge is 0.223 e. The highest BCUT2D eigenvalue weighted by Gasteiger charge is 2.09.